The van der Waals surface area contributed by atoms with Crippen molar-refractivity contribution >= 4 is 11.7 Å². The molecule has 0 radical (unpaired) electrons. The summed E-state index contributed by atoms with van der Waals surface area (Å²) in [6.45, 7) is 2.03. The Morgan fingerprint density at radius 2 is 2.24 bits per heavy atom. The van der Waals surface area contributed by atoms with Crippen molar-refractivity contribution in [2.45, 2.75) is 25.7 Å². The Balaban J connectivity index is 1.91. The molecular formula is C13H18N2O2. The van der Waals surface area contributed by atoms with E-state index in [0.717, 1.165) is 32.4 Å². The van der Waals surface area contributed by atoms with E-state index < -0.39 is 5.97 Å². The van der Waals surface area contributed by atoms with Crippen molar-refractivity contribution in [2.75, 3.05) is 18.0 Å². The summed E-state index contributed by atoms with van der Waals surface area (Å²) in [5.74, 6) is -0.181. The molecule has 1 aliphatic heterocycles. The van der Waals surface area contributed by atoms with Crippen LogP contribution in [-0.4, -0.2) is 29.1 Å². The molecule has 0 amide bonds. The molecule has 1 N–H and O–H groups in total. The third-order valence-corrected chi connectivity index (χ3v) is 3.31. The molecule has 4 nitrogen and oxygen atoms in total. The van der Waals surface area contributed by atoms with Gasteiger partial charge in [0.25, 0.3) is 0 Å². The maximum Gasteiger partial charge on any atom is 0.303 e. The van der Waals surface area contributed by atoms with E-state index in [1.165, 1.54) is 5.69 Å². The van der Waals surface area contributed by atoms with Gasteiger partial charge in [0.1, 0.15) is 0 Å². The van der Waals surface area contributed by atoms with Crippen LogP contribution >= 0.6 is 0 Å². The van der Waals surface area contributed by atoms with Gasteiger partial charge in [-0.1, -0.05) is 0 Å². The molecule has 1 fully saturated rings. The minimum atomic E-state index is -0.689. The van der Waals surface area contributed by atoms with Crippen molar-refractivity contribution in [3.05, 3.63) is 24.5 Å². The highest BCUT2D eigenvalue weighted by Crippen LogP contribution is 2.25. The molecule has 0 aliphatic carbocycles. The van der Waals surface area contributed by atoms with Gasteiger partial charge in [0.2, 0.25) is 0 Å². The third kappa shape index (κ3) is 3.44. The van der Waals surface area contributed by atoms with Crippen LogP contribution < -0.4 is 4.90 Å². The van der Waals surface area contributed by atoms with Crippen molar-refractivity contribution in [3.63, 3.8) is 0 Å². The zero-order valence-electron chi connectivity index (χ0n) is 9.88. The molecule has 1 unspecified atom stereocenters. The first-order chi connectivity index (χ1) is 8.25. The number of carboxylic acid groups (broad SMARTS) is 1. The quantitative estimate of drug-likeness (QED) is 0.867. The highest BCUT2D eigenvalue weighted by Gasteiger charge is 2.20. The minimum Gasteiger partial charge on any atom is -0.481 e. The Morgan fingerprint density at radius 3 is 2.94 bits per heavy atom. The predicted octanol–water partition coefficient (Wildman–Crippen LogP) is 2.16. The van der Waals surface area contributed by atoms with Crippen molar-refractivity contribution in [2.24, 2.45) is 5.92 Å². The smallest absolute Gasteiger partial charge is 0.303 e. The van der Waals surface area contributed by atoms with Gasteiger partial charge in [-0.05, 0) is 37.3 Å². The normalized spacial score (nSPS) is 20.2. The Bertz CT molecular complexity index is 367. The lowest BCUT2D eigenvalue weighted by molar-refractivity contribution is -0.137. The van der Waals surface area contributed by atoms with Gasteiger partial charge in [-0.25, -0.2) is 0 Å². The van der Waals surface area contributed by atoms with E-state index in [9.17, 15) is 4.79 Å². The molecule has 0 saturated carbocycles. The molecule has 2 heterocycles. The fourth-order valence-electron chi connectivity index (χ4n) is 2.42. The van der Waals surface area contributed by atoms with Crippen LogP contribution in [0.15, 0.2) is 24.5 Å². The van der Waals surface area contributed by atoms with Gasteiger partial charge >= 0.3 is 5.97 Å². The summed E-state index contributed by atoms with van der Waals surface area (Å²) in [5.41, 5.74) is 1.19. The number of hydrogen-bond acceptors (Lipinski definition) is 3. The van der Waals surface area contributed by atoms with Crippen LogP contribution in [0.4, 0.5) is 5.69 Å². The van der Waals surface area contributed by atoms with E-state index in [1.54, 1.807) is 12.4 Å². The predicted molar refractivity (Wildman–Crippen MR) is 66.0 cm³/mol. The topological polar surface area (TPSA) is 53.4 Å². The molecule has 0 aromatic carbocycles. The van der Waals surface area contributed by atoms with E-state index in [-0.39, 0.29) is 6.42 Å². The summed E-state index contributed by atoms with van der Waals surface area (Å²) in [7, 11) is 0. The molecule has 2 rings (SSSR count). The maximum absolute atomic E-state index is 10.6. The van der Waals surface area contributed by atoms with Gasteiger partial charge in [-0.3, -0.25) is 9.78 Å². The Labute approximate surface area is 101 Å². The van der Waals surface area contributed by atoms with Crippen molar-refractivity contribution in [1.29, 1.82) is 0 Å². The second kappa shape index (κ2) is 5.66. The maximum atomic E-state index is 10.6. The van der Waals surface area contributed by atoms with Crippen LogP contribution in [0.5, 0.6) is 0 Å². The van der Waals surface area contributed by atoms with E-state index in [1.807, 2.05) is 12.1 Å². The molecule has 1 aromatic rings. The lowest BCUT2D eigenvalue weighted by Crippen LogP contribution is -2.35. The molecule has 17 heavy (non-hydrogen) atoms. The second-order valence-electron chi connectivity index (χ2n) is 4.59. The van der Waals surface area contributed by atoms with Gasteiger partial charge in [-0.2, -0.15) is 0 Å². The largest absolute Gasteiger partial charge is 0.481 e. The Kier molecular flexibility index (Phi) is 3.96. The van der Waals surface area contributed by atoms with E-state index in [2.05, 4.69) is 9.88 Å². The van der Waals surface area contributed by atoms with Gasteiger partial charge in [-0.15, -0.1) is 0 Å². The van der Waals surface area contributed by atoms with Gasteiger partial charge < -0.3 is 10.0 Å². The van der Waals surface area contributed by atoms with E-state index in [4.69, 9.17) is 5.11 Å². The highest BCUT2D eigenvalue weighted by atomic mass is 16.4. The van der Waals surface area contributed by atoms with Crippen molar-refractivity contribution in [1.82, 2.24) is 4.98 Å². The number of rotatable bonds is 4. The second-order valence-corrected chi connectivity index (χ2v) is 4.59. The number of pyridine rings is 1. The van der Waals surface area contributed by atoms with Crippen molar-refractivity contribution in [3.8, 4) is 0 Å². The first-order valence-electron chi connectivity index (χ1n) is 6.12. The molecule has 1 aliphatic rings. The summed E-state index contributed by atoms with van der Waals surface area (Å²) < 4.78 is 0. The Morgan fingerprint density at radius 1 is 1.47 bits per heavy atom. The fraction of sp³-hybridized carbons (Fsp3) is 0.538. The molecule has 0 bridgehead atoms. The number of anilines is 1. The summed E-state index contributed by atoms with van der Waals surface area (Å²) in [6, 6.07) is 4.03. The first kappa shape index (κ1) is 11.9. The molecule has 1 atom stereocenters. The fourth-order valence-corrected chi connectivity index (χ4v) is 2.42. The number of hydrogen-bond donors (Lipinski definition) is 1. The standard InChI is InChI=1S/C13H18N2O2/c16-13(17)4-3-11-2-1-9-15(10-11)12-5-7-14-8-6-12/h5-8,11H,1-4,9-10H2,(H,16,17). The number of carbonyl (C=O) groups is 1. The minimum absolute atomic E-state index is 0.287. The lowest BCUT2D eigenvalue weighted by atomic mass is 9.93. The van der Waals surface area contributed by atoms with Gasteiger partial charge in [0, 0.05) is 37.6 Å². The van der Waals surface area contributed by atoms with Gasteiger partial charge in [0.15, 0.2) is 0 Å². The zero-order chi connectivity index (χ0) is 12.1. The number of carboxylic acids is 1. The molecule has 92 valence electrons. The number of piperidine rings is 1. The average Bonchev–Trinajstić information content (AvgIpc) is 2.38. The summed E-state index contributed by atoms with van der Waals surface area (Å²) in [5, 5.41) is 8.71. The van der Waals surface area contributed by atoms with E-state index in [0.29, 0.717) is 5.92 Å². The summed E-state index contributed by atoms with van der Waals surface area (Å²) in [4.78, 5) is 16.9. The zero-order valence-corrected chi connectivity index (χ0v) is 9.88. The monoisotopic (exact) mass is 234 g/mol. The first-order valence-corrected chi connectivity index (χ1v) is 6.12. The molecule has 1 aromatic heterocycles. The lowest BCUT2D eigenvalue weighted by Gasteiger charge is -2.34. The number of aromatic nitrogens is 1. The third-order valence-electron chi connectivity index (χ3n) is 3.31. The van der Waals surface area contributed by atoms with Gasteiger partial charge in [0.05, 0.1) is 0 Å². The highest BCUT2D eigenvalue weighted by molar-refractivity contribution is 5.66. The van der Waals surface area contributed by atoms with Crippen LogP contribution in [0.1, 0.15) is 25.7 Å². The summed E-state index contributed by atoms with van der Waals surface area (Å²) in [6.07, 6.45) is 6.97. The van der Waals surface area contributed by atoms with Crippen LogP contribution in [0.3, 0.4) is 0 Å². The Hall–Kier alpha value is -1.58. The molecular weight excluding hydrogens is 216 g/mol. The molecule has 4 heteroatoms. The van der Waals surface area contributed by atoms with Crippen LogP contribution in [0, 0.1) is 5.92 Å². The number of nitrogens with zero attached hydrogens (tertiary/aromatic N) is 2. The number of aliphatic carboxylic acids is 1. The van der Waals surface area contributed by atoms with E-state index >= 15 is 0 Å². The molecule has 1 saturated heterocycles. The van der Waals surface area contributed by atoms with Crippen LogP contribution in [0.2, 0.25) is 0 Å². The summed E-state index contributed by atoms with van der Waals surface area (Å²) >= 11 is 0. The SMILES string of the molecule is O=C(O)CCC1CCCN(c2ccncc2)C1. The molecule has 0 spiro atoms. The van der Waals surface area contributed by atoms with Crippen LogP contribution in [-0.2, 0) is 4.79 Å². The average molecular weight is 234 g/mol. The van der Waals surface area contributed by atoms with Crippen molar-refractivity contribution < 1.29 is 9.90 Å². The van der Waals surface area contributed by atoms with Crippen LogP contribution in [0.25, 0.3) is 0 Å².